The summed E-state index contributed by atoms with van der Waals surface area (Å²) in [5.74, 6) is -0.0324. The first-order valence-corrected chi connectivity index (χ1v) is 6.07. The molecule has 1 heterocycles. The number of anilines is 1. The molecule has 0 fully saturated rings. The monoisotopic (exact) mass is 226 g/mol. The van der Waals surface area contributed by atoms with Gasteiger partial charge in [0.1, 0.15) is 5.52 Å². The number of nitrogens with two attached hydrogens (primary N) is 1. The van der Waals surface area contributed by atoms with Crippen LogP contribution in [0.1, 0.15) is 6.92 Å². The summed E-state index contributed by atoms with van der Waals surface area (Å²) in [5, 5.41) is -0.245. The van der Waals surface area contributed by atoms with Crippen LogP contribution >= 0.6 is 0 Å². The van der Waals surface area contributed by atoms with E-state index >= 15 is 0 Å². The fourth-order valence-electron chi connectivity index (χ4n) is 1.18. The number of fused-ring (bicyclic) bond motifs is 1. The standard InChI is InChI=1S/C9H10N2O3S/c1-2-15(12,13)9-11-7-4-3-6(10)5-8(7)14-9/h3-5H,2,10H2,1H3. The summed E-state index contributed by atoms with van der Waals surface area (Å²) in [7, 11) is -3.39. The van der Waals surface area contributed by atoms with E-state index in [1.54, 1.807) is 25.1 Å². The normalized spacial score (nSPS) is 12.1. The number of nitrogens with zero attached hydrogens (tertiary/aromatic N) is 1. The molecule has 0 saturated carbocycles. The van der Waals surface area contributed by atoms with E-state index in [4.69, 9.17) is 10.2 Å². The van der Waals surface area contributed by atoms with Gasteiger partial charge in [-0.05, 0) is 12.1 Å². The Balaban J connectivity index is 2.67. The van der Waals surface area contributed by atoms with Crippen LogP contribution in [-0.4, -0.2) is 19.2 Å². The Morgan fingerprint density at radius 3 is 2.87 bits per heavy atom. The number of aromatic nitrogens is 1. The van der Waals surface area contributed by atoms with Crippen molar-refractivity contribution in [1.29, 1.82) is 0 Å². The molecule has 0 bridgehead atoms. The molecule has 0 unspecified atom stereocenters. The van der Waals surface area contributed by atoms with Gasteiger partial charge in [0.2, 0.25) is 9.84 Å². The minimum atomic E-state index is -3.39. The Labute approximate surface area is 86.8 Å². The Morgan fingerprint density at radius 2 is 2.20 bits per heavy atom. The molecule has 0 aliphatic rings. The van der Waals surface area contributed by atoms with Crippen LogP contribution in [-0.2, 0) is 9.84 Å². The van der Waals surface area contributed by atoms with Gasteiger partial charge in [-0.25, -0.2) is 8.42 Å². The number of rotatable bonds is 2. The smallest absolute Gasteiger partial charge is 0.316 e. The highest BCUT2D eigenvalue weighted by molar-refractivity contribution is 7.91. The molecular formula is C9H10N2O3S. The van der Waals surface area contributed by atoms with Gasteiger partial charge >= 0.3 is 5.22 Å². The van der Waals surface area contributed by atoms with Crippen LogP contribution in [0.2, 0.25) is 0 Å². The summed E-state index contributed by atoms with van der Waals surface area (Å²) in [5.41, 5.74) is 6.94. The second-order valence-electron chi connectivity index (χ2n) is 3.11. The van der Waals surface area contributed by atoms with E-state index in [0.29, 0.717) is 16.8 Å². The van der Waals surface area contributed by atoms with Gasteiger partial charge in [-0.15, -0.1) is 0 Å². The number of hydrogen-bond donors (Lipinski definition) is 1. The van der Waals surface area contributed by atoms with E-state index in [9.17, 15) is 8.42 Å². The first-order valence-electron chi connectivity index (χ1n) is 4.42. The van der Waals surface area contributed by atoms with Gasteiger partial charge in [-0.1, -0.05) is 6.92 Å². The average Bonchev–Trinajstić information content (AvgIpc) is 2.61. The van der Waals surface area contributed by atoms with Crippen LogP contribution in [0.3, 0.4) is 0 Å². The van der Waals surface area contributed by atoms with Crippen LogP contribution < -0.4 is 5.73 Å². The molecule has 0 aliphatic heterocycles. The highest BCUT2D eigenvalue weighted by Gasteiger charge is 2.19. The predicted molar refractivity (Wildman–Crippen MR) is 56.1 cm³/mol. The lowest BCUT2D eigenvalue weighted by molar-refractivity contribution is 0.459. The zero-order chi connectivity index (χ0) is 11.1. The third-order valence-electron chi connectivity index (χ3n) is 2.04. The summed E-state index contributed by atoms with van der Waals surface area (Å²) in [4.78, 5) is 3.89. The van der Waals surface area contributed by atoms with Crippen molar-refractivity contribution in [3.8, 4) is 0 Å². The van der Waals surface area contributed by atoms with Gasteiger partial charge in [0.25, 0.3) is 0 Å². The van der Waals surface area contributed by atoms with Crippen molar-refractivity contribution in [2.45, 2.75) is 12.1 Å². The third-order valence-corrected chi connectivity index (χ3v) is 3.51. The summed E-state index contributed by atoms with van der Waals surface area (Å²) in [6, 6.07) is 4.83. The Morgan fingerprint density at radius 1 is 1.47 bits per heavy atom. The Hall–Kier alpha value is -1.56. The summed E-state index contributed by atoms with van der Waals surface area (Å²) in [6.07, 6.45) is 0. The topological polar surface area (TPSA) is 86.2 Å². The molecule has 2 N–H and O–H groups in total. The number of hydrogen-bond acceptors (Lipinski definition) is 5. The van der Waals surface area contributed by atoms with E-state index in [2.05, 4.69) is 4.98 Å². The number of nitrogen functional groups attached to an aromatic ring is 1. The molecular weight excluding hydrogens is 216 g/mol. The van der Waals surface area contributed by atoms with Crippen molar-refractivity contribution in [3.63, 3.8) is 0 Å². The molecule has 0 saturated heterocycles. The molecule has 0 radical (unpaired) electrons. The molecule has 1 aromatic heterocycles. The van der Waals surface area contributed by atoms with Crippen molar-refractivity contribution >= 4 is 26.6 Å². The summed E-state index contributed by atoms with van der Waals surface area (Å²) >= 11 is 0. The molecule has 0 spiro atoms. The summed E-state index contributed by atoms with van der Waals surface area (Å²) in [6.45, 7) is 1.54. The molecule has 15 heavy (non-hydrogen) atoms. The Bertz CT molecular complexity index is 601. The molecule has 1 aromatic carbocycles. The molecule has 6 heteroatoms. The van der Waals surface area contributed by atoms with E-state index in [-0.39, 0.29) is 11.0 Å². The highest BCUT2D eigenvalue weighted by Crippen LogP contribution is 2.21. The fourth-order valence-corrected chi connectivity index (χ4v) is 1.88. The van der Waals surface area contributed by atoms with Gasteiger partial charge in [-0.3, -0.25) is 0 Å². The molecule has 0 atom stereocenters. The third kappa shape index (κ3) is 1.68. The highest BCUT2D eigenvalue weighted by atomic mass is 32.2. The lowest BCUT2D eigenvalue weighted by Crippen LogP contribution is -2.03. The van der Waals surface area contributed by atoms with Crippen molar-refractivity contribution in [1.82, 2.24) is 4.98 Å². The largest absolute Gasteiger partial charge is 0.428 e. The van der Waals surface area contributed by atoms with Crippen molar-refractivity contribution in [2.75, 3.05) is 11.5 Å². The molecule has 80 valence electrons. The van der Waals surface area contributed by atoms with Crippen LogP contribution in [0.15, 0.2) is 27.8 Å². The van der Waals surface area contributed by atoms with E-state index < -0.39 is 9.84 Å². The minimum Gasteiger partial charge on any atom is -0.428 e. The predicted octanol–water partition coefficient (Wildman–Crippen LogP) is 1.20. The van der Waals surface area contributed by atoms with E-state index in [1.807, 2.05) is 0 Å². The number of oxazole rings is 1. The van der Waals surface area contributed by atoms with Gasteiger partial charge < -0.3 is 10.2 Å². The second-order valence-corrected chi connectivity index (χ2v) is 5.27. The maximum absolute atomic E-state index is 11.5. The molecule has 0 aliphatic carbocycles. The van der Waals surface area contributed by atoms with Crippen LogP contribution in [0.4, 0.5) is 5.69 Å². The Kier molecular flexibility index (Phi) is 2.15. The minimum absolute atomic E-state index is 0.0324. The van der Waals surface area contributed by atoms with Crippen molar-refractivity contribution < 1.29 is 12.8 Å². The number of sulfone groups is 1. The molecule has 2 aromatic rings. The summed E-state index contributed by atoms with van der Waals surface area (Å²) < 4.78 is 28.1. The van der Waals surface area contributed by atoms with Gasteiger partial charge in [0, 0.05) is 11.8 Å². The zero-order valence-corrected chi connectivity index (χ0v) is 8.91. The van der Waals surface area contributed by atoms with Crippen molar-refractivity contribution in [3.05, 3.63) is 18.2 Å². The van der Waals surface area contributed by atoms with Crippen molar-refractivity contribution in [2.24, 2.45) is 0 Å². The molecule has 5 nitrogen and oxygen atoms in total. The van der Waals surface area contributed by atoms with Gasteiger partial charge in [0.05, 0.1) is 5.75 Å². The maximum atomic E-state index is 11.5. The first kappa shape index (κ1) is 9.97. The van der Waals surface area contributed by atoms with E-state index in [1.165, 1.54) is 0 Å². The van der Waals surface area contributed by atoms with Gasteiger partial charge in [0.15, 0.2) is 5.58 Å². The van der Waals surface area contributed by atoms with Crippen LogP contribution in [0.25, 0.3) is 11.1 Å². The average molecular weight is 226 g/mol. The quantitative estimate of drug-likeness (QED) is 0.777. The van der Waals surface area contributed by atoms with E-state index in [0.717, 1.165) is 0 Å². The zero-order valence-electron chi connectivity index (χ0n) is 8.10. The fraction of sp³-hybridized carbons (Fsp3) is 0.222. The molecule has 2 rings (SSSR count). The lowest BCUT2D eigenvalue weighted by Gasteiger charge is -1.91. The molecule has 0 amide bonds. The lowest BCUT2D eigenvalue weighted by atomic mass is 10.3. The van der Waals surface area contributed by atoms with Gasteiger partial charge in [-0.2, -0.15) is 4.98 Å². The van der Waals surface area contributed by atoms with Crippen LogP contribution in [0, 0.1) is 0 Å². The SMILES string of the molecule is CCS(=O)(=O)c1nc2ccc(N)cc2o1. The van der Waals surface area contributed by atoms with Crippen LogP contribution in [0.5, 0.6) is 0 Å². The number of benzene rings is 1. The maximum Gasteiger partial charge on any atom is 0.316 e. The second kappa shape index (κ2) is 3.23. The first-order chi connectivity index (χ1) is 7.03.